The second-order valence-corrected chi connectivity index (χ2v) is 7.23. The highest BCUT2D eigenvalue weighted by Gasteiger charge is 2.19. The van der Waals surface area contributed by atoms with Crippen LogP contribution in [0.1, 0.15) is 37.4 Å². The molecule has 1 aliphatic heterocycles. The summed E-state index contributed by atoms with van der Waals surface area (Å²) in [7, 11) is 0. The van der Waals surface area contributed by atoms with Crippen molar-refractivity contribution < 1.29 is 14.3 Å². The zero-order valence-electron chi connectivity index (χ0n) is 16.5. The maximum Gasteiger partial charge on any atom is 0.264 e. The van der Waals surface area contributed by atoms with Crippen molar-refractivity contribution >= 4 is 11.8 Å². The summed E-state index contributed by atoms with van der Waals surface area (Å²) in [5.74, 6) is -1.58. The molecule has 154 valence electrons. The number of pyridine rings is 1. The van der Waals surface area contributed by atoms with E-state index in [1.54, 1.807) is 0 Å². The summed E-state index contributed by atoms with van der Waals surface area (Å²) in [5.41, 5.74) is 12.4. The first-order valence-corrected chi connectivity index (χ1v) is 9.58. The van der Waals surface area contributed by atoms with Gasteiger partial charge in [-0.05, 0) is 30.0 Å². The number of hydrogen-bond donors (Lipinski definition) is 2. The largest absolute Gasteiger partial charge is 0.379 e. The Balaban J connectivity index is 1.83. The molecule has 1 aliphatic rings. The number of aromatic nitrogens is 1. The highest BCUT2D eigenvalue weighted by molar-refractivity contribution is 6.00. The van der Waals surface area contributed by atoms with Crippen LogP contribution in [0.15, 0.2) is 35.3 Å². The molecule has 0 spiro atoms. The number of nitrogens with two attached hydrogens (primary N) is 2. The molecular formula is C21H26N4O4. The molecule has 29 heavy (non-hydrogen) atoms. The van der Waals surface area contributed by atoms with Crippen LogP contribution in [0.25, 0.3) is 0 Å². The van der Waals surface area contributed by atoms with Crippen molar-refractivity contribution in [3.05, 3.63) is 68.6 Å². The van der Waals surface area contributed by atoms with Gasteiger partial charge in [0.15, 0.2) is 0 Å². The third-order valence-corrected chi connectivity index (χ3v) is 5.22. The Bertz CT molecular complexity index is 977. The highest BCUT2D eigenvalue weighted by atomic mass is 16.5. The van der Waals surface area contributed by atoms with E-state index in [4.69, 9.17) is 16.2 Å². The number of carbonyl (C=O) groups is 2. The van der Waals surface area contributed by atoms with E-state index >= 15 is 0 Å². The van der Waals surface area contributed by atoms with E-state index in [2.05, 4.69) is 4.90 Å². The molecule has 2 amide bonds. The van der Waals surface area contributed by atoms with Gasteiger partial charge in [-0.1, -0.05) is 24.3 Å². The molecule has 1 aromatic carbocycles. The lowest BCUT2D eigenvalue weighted by Gasteiger charge is -2.26. The average Bonchev–Trinajstić information content (AvgIpc) is 2.69. The number of morpholine rings is 1. The van der Waals surface area contributed by atoms with Gasteiger partial charge in [-0.15, -0.1) is 0 Å². The fourth-order valence-electron chi connectivity index (χ4n) is 3.60. The molecule has 1 saturated heterocycles. The van der Waals surface area contributed by atoms with E-state index < -0.39 is 17.4 Å². The van der Waals surface area contributed by atoms with Crippen LogP contribution in [0.5, 0.6) is 0 Å². The Morgan fingerprint density at radius 1 is 1.10 bits per heavy atom. The van der Waals surface area contributed by atoms with E-state index in [1.807, 2.05) is 24.3 Å². The molecule has 0 bridgehead atoms. The number of rotatable bonds is 7. The standard InChI is InChI=1S/C21H26N4O4/c1-14-17(19(22)26)13-25(21(28)18(14)20(23)27)12-16-4-2-3-15(11-16)5-6-24-7-9-29-10-8-24/h2-4,11,13H,5-10,12H2,1H3,(H2,22,26)(H2,23,27). The fraction of sp³-hybridized carbons (Fsp3) is 0.381. The Morgan fingerprint density at radius 2 is 1.79 bits per heavy atom. The van der Waals surface area contributed by atoms with Crippen LogP contribution in [0, 0.1) is 6.92 Å². The maximum absolute atomic E-state index is 12.7. The topological polar surface area (TPSA) is 121 Å². The normalized spacial score (nSPS) is 14.7. The van der Waals surface area contributed by atoms with E-state index in [0.29, 0.717) is 0 Å². The summed E-state index contributed by atoms with van der Waals surface area (Å²) >= 11 is 0. The molecule has 0 atom stereocenters. The van der Waals surface area contributed by atoms with Gasteiger partial charge in [0.1, 0.15) is 5.56 Å². The number of hydrogen-bond acceptors (Lipinski definition) is 5. The first-order chi connectivity index (χ1) is 13.9. The Hall–Kier alpha value is -2.97. The van der Waals surface area contributed by atoms with Gasteiger partial charge in [-0.3, -0.25) is 19.3 Å². The van der Waals surface area contributed by atoms with Gasteiger partial charge < -0.3 is 20.8 Å². The summed E-state index contributed by atoms with van der Waals surface area (Å²) in [6.45, 7) is 6.05. The van der Waals surface area contributed by atoms with Crippen LogP contribution < -0.4 is 17.0 Å². The van der Waals surface area contributed by atoms with Crippen LogP contribution in [-0.4, -0.2) is 54.1 Å². The molecule has 0 radical (unpaired) electrons. The average molecular weight is 398 g/mol. The number of benzene rings is 1. The van der Waals surface area contributed by atoms with Crippen molar-refractivity contribution in [2.45, 2.75) is 19.9 Å². The predicted molar refractivity (Wildman–Crippen MR) is 109 cm³/mol. The summed E-state index contributed by atoms with van der Waals surface area (Å²) in [5, 5.41) is 0. The van der Waals surface area contributed by atoms with Gasteiger partial charge in [-0.25, -0.2) is 0 Å². The van der Waals surface area contributed by atoms with Crippen molar-refractivity contribution in [1.29, 1.82) is 0 Å². The number of nitrogens with zero attached hydrogens (tertiary/aromatic N) is 2. The molecular weight excluding hydrogens is 372 g/mol. The van der Waals surface area contributed by atoms with Crippen LogP contribution in [-0.2, 0) is 17.7 Å². The van der Waals surface area contributed by atoms with Gasteiger partial charge in [0.05, 0.1) is 25.3 Å². The quantitative estimate of drug-likeness (QED) is 0.694. The lowest BCUT2D eigenvalue weighted by atomic mass is 10.0. The van der Waals surface area contributed by atoms with Gasteiger partial charge >= 0.3 is 0 Å². The third kappa shape index (κ3) is 4.90. The smallest absolute Gasteiger partial charge is 0.264 e. The summed E-state index contributed by atoms with van der Waals surface area (Å²) in [6.07, 6.45) is 2.28. The number of amides is 2. The molecule has 2 aromatic rings. The minimum absolute atomic E-state index is 0.113. The molecule has 8 nitrogen and oxygen atoms in total. The van der Waals surface area contributed by atoms with Crippen molar-refractivity contribution in [3.63, 3.8) is 0 Å². The van der Waals surface area contributed by atoms with Crippen molar-refractivity contribution in [1.82, 2.24) is 9.47 Å². The molecule has 0 saturated carbocycles. The SMILES string of the molecule is Cc1c(C(N)=O)cn(Cc2cccc(CCN3CCOCC3)c2)c(=O)c1C(N)=O. The van der Waals surface area contributed by atoms with E-state index in [9.17, 15) is 14.4 Å². The summed E-state index contributed by atoms with van der Waals surface area (Å²) in [6, 6.07) is 7.91. The molecule has 3 rings (SSSR count). The Morgan fingerprint density at radius 3 is 2.45 bits per heavy atom. The Kier molecular flexibility index (Phi) is 6.46. The molecule has 0 unspecified atom stereocenters. The summed E-state index contributed by atoms with van der Waals surface area (Å²) in [4.78, 5) is 38.6. The fourth-order valence-corrected chi connectivity index (χ4v) is 3.60. The minimum atomic E-state index is -0.872. The zero-order valence-corrected chi connectivity index (χ0v) is 16.5. The van der Waals surface area contributed by atoms with Crippen LogP contribution >= 0.6 is 0 Å². The minimum Gasteiger partial charge on any atom is -0.379 e. The predicted octanol–water partition coefficient (Wildman–Crippen LogP) is 0.278. The molecule has 2 heterocycles. The van der Waals surface area contributed by atoms with Gasteiger partial charge in [0.2, 0.25) is 5.91 Å². The van der Waals surface area contributed by atoms with Crippen molar-refractivity contribution in [2.75, 3.05) is 32.8 Å². The second kappa shape index (κ2) is 9.02. The van der Waals surface area contributed by atoms with E-state index in [1.165, 1.54) is 17.7 Å². The third-order valence-electron chi connectivity index (χ3n) is 5.22. The van der Waals surface area contributed by atoms with Crippen LogP contribution in [0.3, 0.4) is 0 Å². The van der Waals surface area contributed by atoms with E-state index in [0.717, 1.165) is 50.4 Å². The van der Waals surface area contributed by atoms with Gasteiger partial charge in [0.25, 0.3) is 11.5 Å². The molecule has 1 aromatic heterocycles. The molecule has 8 heteroatoms. The van der Waals surface area contributed by atoms with Crippen LogP contribution in [0.4, 0.5) is 0 Å². The summed E-state index contributed by atoms with van der Waals surface area (Å²) < 4.78 is 6.68. The van der Waals surface area contributed by atoms with Gasteiger partial charge in [0, 0.05) is 25.8 Å². The number of carbonyl (C=O) groups excluding carboxylic acids is 2. The van der Waals surface area contributed by atoms with Crippen LogP contribution in [0.2, 0.25) is 0 Å². The molecule has 1 fully saturated rings. The van der Waals surface area contributed by atoms with E-state index in [-0.39, 0.29) is 23.2 Å². The monoisotopic (exact) mass is 398 g/mol. The van der Waals surface area contributed by atoms with Gasteiger partial charge in [-0.2, -0.15) is 0 Å². The second-order valence-electron chi connectivity index (χ2n) is 7.23. The first-order valence-electron chi connectivity index (χ1n) is 9.58. The zero-order chi connectivity index (χ0) is 21.0. The number of ether oxygens (including phenoxy) is 1. The maximum atomic E-state index is 12.7. The highest BCUT2D eigenvalue weighted by Crippen LogP contribution is 2.13. The van der Waals surface area contributed by atoms with Crippen molar-refractivity contribution in [3.8, 4) is 0 Å². The lowest BCUT2D eigenvalue weighted by Crippen LogP contribution is -2.37. The Labute approximate surface area is 169 Å². The first kappa shape index (κ1) is 20.8. The van der Waals surface area contributed by atoms with Crippen molar-refractivity contribution in [2.24, 2.45) is 11.5 Å². The lowest BCUT2D eigenvalue weighted by molar-refractivity contribution is 0.0384. The number of primary amides is 2. The molecule has 0 aliphatic carbocycles. The molecule has 4 N–H and O–H groups in total.